The van der Waals surface area contributed by atoms with E-state index in [1.165, 1.54) is 0 Å². The van der Waals surface area contributed by atoms with E-state index in [4.69, 9.17) is 11.6 Å². The van der Waals surface area contributed by atoms with Gasteiger partial charge in [-0.3, -0.25) is 4.79 Å². The molecule has 2 aromatic heterocycles. The number of fused-ring (bicyclic) bond motifs is 1. The molecule has 2 aromatic carbocycles. The summed E-state index contributed by atoms with van der Waals surface area (Å²) in [6.07, 6.45) is 2.16. The number of pyridine rings is 1. The van der Waals surface area contributed by atoms with E-state index in [0.717, 1.165) is 35.1 Å². The van der Waals surface area contributed by atoms with Gasteiger partial charge in [-0.25, -0.2) is 23.1 Å². The molecular weight excluding hydrogens is 543 g/mol. The standard InChI is InChI=1S/C29H29ClN4O3S.Na/c1-4-5-9-16-38(36,37)33-29(35)26-17-20(2)27-28(32-26)34(21(3)31-27)19-24-15-14-23(18-25(24)30)13-12-22-10-7-6-8-11-22;/h6-8,10-11,14-15,17-18H,4-5,9,16,19H2,1-3H3,(H,33,35);. The molecule has 197 valence electrons. The number of amides is 1. The van der Waals surface area contributed by atoms with Gasteiger partial charge >= 0.3 is 0 Å². The quantitative estimate of drug-likeness (QED) is 0.182. The fourth-order valence-electron chi connectivity index (χ4n) is 4.03. The smallest absolute Gasteiger partial charge is 0.283 e. The van der Waals surface area contributed by atoms with Crippen molar-refractivity contribution in [2.45, 2.75) is 46.6 Å². The van der Waals surface area contributed by atoms with Crippen LogP contribution in [0, 0.1) is 25.7 Å². The Morgan fingerprint density at radius 3 is 2.41 bits per heavy atom. The number of rotatable bonds is 8. The number of unbranched alkanes of at least 4 members (excludes halogenated alkanes) is 2. The number of hydrogen-bond acceptors (Lipinski definition) is 5. The number of nitrogens with zero attached hydrogens (tertiary/aromatic N) is 3. The summed E-state index contributed by atoms with van der Waals surface area (Å²) in [4.78, 5) is 21.9. The van der Waals surface area contributed by atoms with Gasteiger partial charge in [-0.15, -0.1) is 0 Å². The van der Waals surface area contributed by atoms with Crippen LogP contribution in [-0.2, 0) is 16.6 Å². The Kier molecular flexibility index (Phi) is 10.8. The van der Waals surface area contributed by atoms with Crippen LogP contribution >= 0.6 is 11.6 Å². The molecule has 39 heavy (non-hydrogen) atoms. The first-order valence-corrected chi connectivity index (χ1v) is 14.4. The van der Waals surface area contributed by atoms with Crippen LogP contribution in [0.2, 0.25) is 5.02 Å². The first kappa shape index (κ1) is 30.9. The zero-order chi connectivity index (χ0) is 27.3. The second-order valence-corrected chi connectivity index (χ2v) is 11.4. The van der Waals surface area contributed by atoms with E-state index in [9.17, 15) is 13.2 Å². The van der Waals surface area contributed by atoms with Crippen molar-refractivity contribution in [3.05, 3.63) is 93.4 Å². The van der Waals surface area contributed by atoms with Crippen molar-refractivity contribution in [3.8, 4) is 11.8 Å². The molecule has 0 unspecified atom stereocenters. The van der Waals surface area contributed by atoms with Gasteiger partial charge in [-0.1, -0.05) is 67.5 Å². The van der Waals surface area contributed by atoms with Gasteiger partial charge in [0, 0.05) is 45.7 Å². The number of nitrogens with one attached hydrogen (secondary N) is 1. The molecule has 0 atom stereocenters. The van der Waals surface area contributed by atoms with E-state index < -0.39 is 15.9 Å². The second kappa shape index (κ2) is 13.6. The number of imidazole rings is 1. The summed E-state index contributed by atoms with van der Waals surface area (Å²) in [6.45, 7) is 6.04. The Morgan fingerprint density at radius 2 is 1.72 bits per heavy atom. The molecule has 4 rings (SSSR count). The number of carbonyl (C=O) groups is 1. The largest absolute Gasteiger partial charge is 0.308 e. The van der Waals surface area contributed by atoms with Crippen LogP contribution in [0.15, 0.2) is 54.6 Å². The van der Waals surface area contributed by atoms with Crippen molar-refractivity contribution in [1.82, 2.24) is 19.3 Å². The number of benzene rings is 2. The van der Waals surface area contributed by atoms with Crippen molar-refractivity contribution >= 4 is 68.3 Å². The van der Waals surface area contributed by atoms with Gasteiger partial charge in [-0.05, 0) is 61.7 Å². The molecule has 1 radical (unpaired) electrons. The van der Waals surface area contributed by atoms with Crippen LogP contribution in [-0.4, -0.2) is 64.2 Å². The van der Waals surface area contributed by atoms with E-state index >= 15 is 0 Å². The maximum Gasteiger partial charge on any atom is 0.283 e. The molecule has 0 aliphatic carbocycles. The van der Waals surface area contributed by atoms with Gasteiger partial charge < -0.3 is 4.57 Å². The van der Waals surface area contributed by atoms with E-state index in [1.54, 1.807) is 6.07 Å². The summed E-state index contributed by atoms with van der Waals surface area (Å²) >= 11 is 6.62. The Labute approximate surface area is 256 Å². The first-order valence-electron chi connectivity index (χ1n) is 12.4. The van der Waals surface area contributed by atoms with Crippen molar-refractivity contribution < 1.29 is 13.2 Å². The Balaban J connectivity index is 0.00000420. The minimum Gasteiger partial charge on any atom is -0.308 e. The zero-order valence-electron chi connectivity index (χ0n) is 22.6. The van der Waals surface area contributed by atoms with Crippen molar-refractivity contribution in [2.75, 3.05) is 5.75 Å². The van der Waals surface area contributed by atoms with E-state index in [2.05, 4.69) is 26.5 Å². The summed E-state index contributed by atoms with van der Waals surface area (Å²) in [6, 6.07) is 16.9. The molecule has 0 aliphatic rings. The second-order valence-electron chi connectivity index (χ2n) is 9.12. The third-order valence-corrected chi connectivity index (χ3v) is 7.76. The molecule has 1 N–H and O–H groups in total. The SMILES string of the molecule is CCCCCS(=O)(=O)NC(=O)c1cc(C)c2nc(C)n(Cc3ccc(C#Cc4ccccc4)cc3Cl)c2n1.[Na]. The molecule has 4 aromatic rings. The number of aryl methyl sites for hydroxylation is 2. The normalized spacial score (nSPS) is 11.0. The number of hydrogen-bond donors (Lipinski definition) is 1. The molecule has 0 aliphatic heterocycles. The molecule has 2 heterocycles. The average molecular weight is 572 g/mol. The number of aromatic nitrogens is 3. The minimum atomic E-state index is -3.74. The first-order chi connectivity index (χ1) is 18.2. The monoisotopic (exact) mass is 571 g/mol. The van der Waals surface area contributed by atoms with Crippen LogP contribution in [0.5, 0.6) is 0 Å². The van der Waals surface area contributed by atoms with Gasteiger partial charge in [0.25, 0.3) is 5.91 Å². The van der Waals surface area contributed by atoms with E-state index in [0.29, 0.717) is 35.0 Å². The molecule has 7 nitrogen and oxygen atoms in total. The molecule has 0 fully saturated rings. The predicted octanol–water partition coefficient (Wildman–Crippen LogP) is 5.02. The molecule has 10 heteroatoms. The van der Waals surface area contributed by atoms with Crippen LogP contribution in [0.4, 0.5) is 0 Å². The van der Waals surface area contributed by atoms with Gasteiger partial charge in [-0.2, -0.15) is 0 Å². The van der Waals surface area contributed by atoms with Crippen molar-refractivity contribution in [1.29, 1.82) is 0 Å². The maximum absolute atomic E-state index is 12.8. The number of halogens is 1. The third kappa shape index (κ3) is 7.93. The fourth-order valence-corrected chi connectivity index (χ4v) is 5.35. The van der Waals surface area contributed by atoms with Gasteiger partial charge in [0.2, 0.25) is 10.0 Å². The topological polar surface area (TPSA) is 94.0 Å². The Bertz CT molecular complexity index is 1660. The van der Waals surface area contributed by atoms with Crippen LogP contribution in [0.1, 0.15) is 64.8 Å². The average Bonchev–Trinajstić information content (AvgIpc) is 3.20. The maximum atomic E-state index is 12.8. The van der Waals surface area contributed by atoms with Crippen LogP contribution in [0.25, 0.3) is 11.2 Å². The molecular formula is C29H29ClN4NaO3S. The van der Waals surface area contributed by atoms with E-state index in [1.807, 2.05) is 73.9 Å². The summed E-state index contributed by atoms with van der Waals surface area (Å²) in [5.74, 6) is 6.10. The summed E-state index contributed by atoms with van der Waals surface area (Å²) in [5.41, 5.74) is 4.43. The molecule has 0 saturated carbocycles. The van der Waals surface area contributed by atoms with Gasteiger partial charge in [0.05, 0.1) is 12.3 Å². The van der Waals surface area contributed by atoms with Crippen molar-refractivity contribution in [2.24, 2.45) is 0 Å². The third-order valence-electron chi connectivity index (χ3n) is 6.09. The summed E-state index contributed by atoms with van der Waals surface area (Å²) in [7, 11) is -3.74. The molecule has 0 bridgehead atoms. The Hall–Kier alpha value is -2.67. The predicted molar refractivity (Wildman–Crippen MR) is 157 cm³/mol. The molecule has 0 saturated heterocycles. The van der Waals surface area contributed by atoms with Crippen molar-refractivity contribution in [3.63, 3.8) is 0 Å². The minimum absolute atomic E-state index is 0. The molecule has 1 amide bonds. The summed E-state index contributed by atoms with van der Waals surface area (Å²) < 4.78 is 28.7. The Morgan fingerprint density at radius 1 is 1.00 bits per heavy atom. The molecule has 0 spiro atoms. The number of carbonyl (C=O) groups excluding carboxylic acids is 1. The van der Waals surface area contributed by atoms with Gasteiger partial charge in [0.15, 0.2) is 5.65 Å². The van der Waals surface area contributed by atoms with Crippen LogP contribution < -0.4 is 4.72 Å². The fraction of sp³-hybridized carbons (Fsp3) is 0.276. The van der Waals surface area contributed by atoms with Crippen LogP contribution in [0.3, 0.4) is 0 Å². The zero-order valence-corrected chi connectivity index (χ0v) is 26.2. The summed E-state index contributed by atoms with van der Waals surface area (Å²) in [5, 5.41) is 0.551. The number of sulfonamides is 1. The van der Waals surface area contributed by atoms with E-state index in [-0.39, 0.29) is 41.0 Å². The van der Waals surface area contributed by atoms with Gasteiger partial charge in [0.1, 0.15) is 17.0 Å².